The lowest BCUT2D eigenvalue weighted by atomic mass is 10.1. The summed E-state index contributed by atoms with van der Waals surface area (Å²) < 4.78 is 5.79. The number of fused-ring (bicyclic) bond motifs is 1. The van der Waals surface area contributed by atoms with Gasteiger partial charge in [-0.25, -0.2) is 0 Å². The van der Waals surface area contributed by atoms with Gasteiger partial charge in [-0.1, -0.05) is 41.9 Å². The minimum Gasteiger partial charge on any atom is -0.455 e. The van der Waals surface area contributed by atoms with Crippen LogP contribution < -0.4 is 10.5 Å². The fourth-order valence-corrected chi connectivity index (χ4v) is 2.12. The van der Waals surface area contributed by atoms with Crippen LogP contribution in [0.5, 0.6) is 11.5 Å². The molecule has 0 aliphatic rings. The standard InChI is InChI=1S/C16H12ClNO/c17-13-6-8-15(18)16(10-13)19-14-7-5-11-3-1-2-4-12(11)9-14/h1-10H,18H2. The Hall–Kier alpha value is -2.19. The van der Waals surface area contributed by atoms with Gasteiger partial charge in [-0.3, -0.25) is 0 Å². The second kappa shape index (κ2) is 4.82. The van der Waals surface area contributed by atoms with E-state index in [1.54, 1.807) is 18.2 Å². The van der Waals surface area contributed by atoms with Gasteiger partial charge in [0, 0.05) is 11.1 Å². The first-order chi connectivity index (χ1) is 9.22. The van der Waals surface area contributed by atoms with E-state index < -0.39 is 0 Å². The largest absolute Gasteiger partial charge is 0.455 e. The van der Waals surface area contributed by atoms with Crippen molar-refractivity contribution in [2.45, 2.75) is 0 Å². The molecule has 0 spiro atoms. The molecule has 3 aromatic rings. The SMILES string of the molecule is Nc1ccc(Cl)cc1Oc1ccc2ccccc2c1. The Balaban J connectivity index is 1.98. The van der Waals surface area contributed by atoms with Crippen LogP contribution >= 0.6 is 11.6 Å². The molecule has 0 unspecified atom stereocenters. The molecular formula is C16H12ClNO. The minimum atomic E-state index is 0.567. The maximum atomic E-state index is 5.94. The zero-order chi connectivity index (χ0) is 13.2. The van der Waals surface area contributed by atoms with Crippen molar-refractivity contribution in [1.82, 2.24) is 0 Å². The Morgan fingerprint density at radius 3 is 2.47 bits per heavy atom. The molecule has 2 nitrogen and oxygen atoms in total. The van der Waals surface area contributed by atoms with Gasteiger partial charge in [-0.05, 0) is 35.0 Å². The van der Waals surface area contributed by atoms with Crippen molar-refractivity contribution in [3.63, 3.8) is 0 Å². The molecule has 3 heteroatoms. The zero-order valence-corrected chi connectivity index (χ0v) is 10.9. The fraction of sp³-hybridized carbons (Fsp3) is 0. The summed E-state index contributed by atoms with van der Waals surface area (Å²) in [5.41, 5.74) is 6.43. The molecule has 0 aliphatic heterocycles. The molecule has 0 saturated carbocycles. The molecule has 0 aromatic heterocycles. The van der Waals surface area contributed by atoms with E-state index in [1.807, 2.05) is 36.4 Å². The molecule has 2 N–H and O–H groups in total. The lowest BCUT2D eigenvalue weighted by molar-refractivity contribution is 0.486. The summed E-state index contributed by atoms with van der Waals surface area (Å²) in [6.45, 7) is 0. The van der Waals surface area contributed by atoms with E-state index in [2.05, 4.69) is 6.07 Å². The Labute approximate surface area is 116 Å². The van der Waals surface area contributed by atoms with Gasteiger partial charge >= 0.3 is 0 Å². The first-order valence-corrected chi connectivity index (χ1v) is 6.32. The summed E-state index contributed by atoms with van der Waals surface area (Å²) in [4.78, 5) is 0. The van der Waals surface area contributed by atoms with E-state index in [0.29, 0.717) is 16.5 Å². The molecule has 3 rings (SSSR count). The van der Waals surface area contributed by atoms with Gasteiger partial charge in [0.05, 0.1) is 5.69 Å². The van der Waals surface area contributed by atoms with Crippen molar-refractivity contribution in [3.8, 4) is 11.5 Å². The average Bonchev–Trinajstić information content (AvgIpc) is 2.43. The number of anilines is 1. The highest BCUT2D eigenvalue weighted by molar-refractivity contribution is 6.30. The fourth-order valence-electron chi connectivity index (χ4n) is 1.95. The van der Waals surface area contributed by atoms with Crippen molar-refractivity contribution >= 4 is 28.1 Å². The quantitative estimate of drug-likeness (QED) is 0.674. The van der Waals surface area contributed by atoms with E-state index in [1.165, 1.54) is 5.39 Å². The van der Waals surface area contributed by atoms with Crippen molar-refractivity contribution in [3.05, 3.63) is 65.7 Å². The zero-order valence-electron chi connectivity index (χ0n) is 10.1. The third kappa shape index (κ3) is 2.49. The van der Waals surface area contributed by atoms with Crippen LogP contribution in [0, 0.1) is 0 Å². The maximum Gasteiger partial charge on any atom is 0.151 e. The summed E-state index contributed by atoms with van der Waals surface area (Å²) in [5, 5.41) is 2.90. The molecule has 94 valence electrons. The summed E-state index contributed by atoms with van der Waals surface area (Å²) >= 11 is 5.94. The van der Waals surface area contributed by atoms with Gasteiger partial charge in [-0.15, -0.1) is 0 Å². The number of rotatable bonds is 2. The van der Waals surface area contributed by atoms with Crippen molar-refractivity contribution in [2.24, 2.45) is 0 Å². The summed E-state index contributed by atoms with van der Waals surface area (Å²) in [5.74, 6) is 1.32. The molecule has 0 aliphatic carbocycles. The number of benzene rings is 3. The van der Waals surface area contributed by atoms with Crippen molar-refractivity contribution < 1.29 is 4.74 Å². The smallest absolute Gasteiger partial charge is 0.151 e. The Kier molecular flexibility index (Phi) is 3.02. The van der Waals surface area contributed by atoms with Crippen LogP contribution in [0.25, 0.3) is 10.8 Å². The van der Waals surface area contributed by atoms with Crippen molar-refractivity contribution in [2.75, 3.05) is 5.73 Å². The van der Waals surface area contributed by atoms with Gasteiger partial charge in [0.25, 0.3) is 0 Å². The number of ether oxygens (including phenoxy) is 1. The number of nitrogens with two attached hydrogens (primary N) is 1. The normalized spacial score (nSPS) is 10.6. The first-order valence-electron chi connectivity index (χ1n) is 5.94. The molecule has 0 atom stereocenters. The van der Waals surface area contributed by atoms with E-state index in [-0.39, 0.29) is 0 Å². The van der Waals surface area contributed by atoms with Crippen molar-refractivity contribution in [1.29, 1.82) is 0 Å². The van der Waals surface area contributed by atoms with Gasteiger partial charge in [-0.2, -0.15) is 0 Å². The molecular weight excluding hydrogens is 258 g/mol. The molecule has 0 radical (unpaired) electrons. The molecule has 0 bridgehead atoms. The number of halogens is 1. The van der Waals surface area contributed by atoms with E-state index in [9.17, 15) is 0 Å². The van der Waals surface area contributed by atoms with E-state index >= 15 is 0 Å². The van der Waals surface area contributed by atoms with Gasteiger partial charge in [0.15, 0.2) is 5.75 Å². The number of hydrogen-bond acceptors (Lipinski definition) is 2. The first kappa shape index (κ1) is 11.9. The van der Waals surface area contributed by atoms with Gasteiger partial charge in [0.2, 0.25) is 0 Å². The predicted molar refractivity (Wildman–Crippen MR) is 79.9 cm³/mol. The summed E-state index contributed by atoms with van der Waals surface area (Å²) in [6.07, 6.45) is 0. The predicted octanol–water partition coefficient (Wildman–Crippen LogP) is 4.87. The van der Waals surface area contributed by atoms with E-state index in [0.717, 1.165) is 11.1 Å². The number of hydrogen-bond donors (Lipinski definition) is 1. The van der Waals surface area contributed by atoms with Gasteiger partial charge in [0.1, 0.15) is 5.75 Å². The van der Waals surface area contributed by atoms with Crippen LogP contribution in [-0.4, -0.2) is 0 Å². The Bertz CT molecular complexity index is 740. The molecule has 19 heavy (non-hydrogen) atoms. The third-order valence-electron chi connectivity index (χ3n) is 2.92. The molecule has 0 amide bonds. The third-order valence-corrected chi connectivity index (χ3v) is 3.16. The van der Waals surface area contributed by atoms with Crippen LogP contribution in [0.2, 0.25) is 5.02 Å². The van der Waals surface area contributed by atoms with E-state index in [4.69, 9.17) is 22.1 Å². The topological polar surface area (TPSA) is 35.2 Å². The van der Waals surface area contributed by atoms with Crippen LogP contribution in [0.3, 0.4) is 0 Å². The van der Waals surface area contributed by atoms with Crippen LogP contribution in [-0.2, 0) is 0 Å². The van der Waals surface area contributed by atoms with Crippen LogP contribution in [0.4, 0.5) is 5.69 Å². The maximum absolute atomic E-state index is 5.94. The second-order valence-corrected chi connectivity index (χ2v) is 4.73. The van der Waals surface area contributed by atoms with Crippen LogP contribution in [0.1, 0.15) is 0 Å². The Morgan fingerprint density at radius 1 is 0.842 bits per heavy atom. The molecule has 0 fully saturated rings. The average molecular weight is 270 g/mol. The molecule has 0 heterocycles. The second-order valence-electron chi connectivity index (χ2n) is 4.29. The molecule has 3 aromatic carbocycles. The lowest BCUT2D eigenvalue weighted by Gasteiger charge is -2.09. The monoisotopic (exact) mass is 269 g/mol. The Morgan fingerprint density at radius 2 is 1.63 bits per heavy atom. The highest BCUT2D eigenvalue weighted by Gasteiger charge is 2.04. The van der Waals surface area contributed by atoms with Crippen LogP contribution in [0.15, 0.2) is 60.7 Å². The highest BCUT2D eigenvalue weighted by atomic mass is 35.5. The summed E-state index contributed by atoms with van der Waals surface area (Å²) in [7, 11) is 0. The highest BCUT2D eigenvalue weighted by Crippen LogP contribution is 2.31. The number of nitrogen functional groups attached to an aromatic ring is 1. The minimum absolute atomic E-state index is 0.567. The summed E-state index contributed by atoms with van der Waals surface area (Å²) in [6, 6.07) is 19.2. The lowest BCUT2D eigenvalue weighted by Crippen LogP contribution is -1.91. The van der Waals surface area contributed by atoms with Gasteiger partial charge < -0.3 is 10.5 Å². The molecule has 0 saturated heterocycles.